The Balaban J connectivity index is 2.54. The van der Waals surface area contributed by atoms with Gasteiger partial charge in [0.05, 0.1) is 30.7 Å². The van der Waals surface area contributed by atoms with Gasteiger partial charge in [0, 0.05) is 19.3 Å². The molecule has 1 rings (SSSR count). The van der Waals surface area contributed by atoms with Gasteiger partial charge in [-0.25, -0.2) is 0 Å². The van der Waals surface area contributed by atoms with Crippen molar-refractivity contribution in [3.8, 4) is 12.1 Å². The lowest BCUT2D eigenvalue weighted by molar-refractivity contribution is -0.119. The van der Waals surface area contributed by atoms with Crippen molar-refractivity contribution in [2.24, 2.45) is 0 Å². The first-order valence-corrected chi connectivity index (χ1v) is 5.52. The van der Waals surface area contributed by atoms with Crippen molar-refractivity contribution in [3.63, 3.8) is 0 Å². The average molecular weight is 242 g/mol. The second-order valence-electron chi connectivity index (χ2n) is 3.78. The van der Waals surface area contributed by atoms with E-state index in [1.165, 1.54) is 0 Å². The van der Waals surface area contributed by atoms with Gasteiger partial charge in [0.15, 0.2) is 0 Å². The maximum atomic E-state index is 11.5. The minimum absolute atomic E-state index is 0.143. The molecule has 0 spiro atoms. The molecule has 0 aromatic heterocycles. The number of benzene rings is 1. The summed E-state index contributed by atoms with van der Waals surface area (Å²) in [5, 5.41) is 19.8. The molecule has 1 aromatic carbocycles. The molecule has 0 aliphatic carbocycles. The SMILES string of the molecule is CN(CC(=O)NCCC#N)c1cccc(C#N)c1. The van der Waals surface area contributed by atoms with Crippen LogP contribution in [0.5, 0.6) is 0 Å². The van der Waals surface area contributed by atoms with Crippen LogP contribution in [0.1, 0.15) is 12.0 Å². The van der Waals surface area contributed by atoms with Crippen molar-refractivity contribution in [2.45, 2.75) is 6.42 Å². The van der Waals surface area contributed by atoms with Gasteiger partial charge in [-0.3, -0.25) is 4.79 Å². The van der Waals surface area contributed by atoms with E-state index in [-0.39, 0.29) is 12.5 Å². The summed E-state index contributed by atoms with van der Waals surface area (Å²) < 4.78 is 0. The van der Waals surface area contributed by atoms with Crippen LogP contribution in [0.2, 0.25) is 0 Å². The summed E-state index contributed by atoms with van der Waals surface area (Å²) in [6.07, 6.45) is 0.305. The van der Waals surface area contributed by atoms with Gasteiger partial charge in [0.1, 0.15) is 0 Å². The average Bonchev–Trinajstić information content (AvgIpc) is 2.39. The van der Waals surface area contributed by atoms with Gasteiger partial charge < -0.3 is 10.2 Å². The molecule has 0 bridgehead atoms. The summed E-state index contributed by atoms with van der Waals surface area (Å²) in [7, 11) is 1.78. The van der Waals surface area contributed by atoms with Crippen LogP contribution in [0, 0.1) is 22.7 Å². The van der Waals surface area contributed by atoms with E-state index < -0.39 is 0 Å². The zero-order valence-corrected chi connectivity index (χ0v) is 10.2. The zero-order valence-electron chi connectivity index (χ0n) is 10.2. The lowest BCUT2D eigenvalue weighted by Crippen LogP contribution is -2.35. The first-order chi connectivity index (χ1) is 8.67. The van der Waals surface area contributed by atoms with E-state index in [2.05, 4.69) is 11.4 Å². The van der Waals surface area contributed by atoms with Gasteiger partial charge in [0.2, 0.25) is 5.91 Å². The third kappa shape index (κ3) is 4.15. The Morgan fingerprint density at radius 1 is 1.44 bits per heavy atom. The molecule has 0 saturated heterocycles. The smallest absolute Gasteiger partial charge is 0.239 e. The molecule has 18 heavy (non-hydrogen) atoms. The van der Waals surface area contributed by atoms with Crippen LogP contribution in [0.15, 0.2) is 24.3 Å². The van der Waals surface area contributed by atoms with Crippen molar-refractivity contribution in [1.29, 1.82) is 10.5 Å². The highest BCUT2D eigenvalue weighted by Crippen LogP contribution is 2.13. The summed E-state index contributed by atoms with van der Waals surface area (Å²) in [4.78, 5) is 13.3. The third-order valence-corrected chi connectivity index (χ3v) is 2.36. The van der Waals surface area contributed by atoms with E-state index >= 15 is 0 Å². The monoisotopic (exact) mass is 242 g/mol. The van der Waals surface area contributed by atoms with Crippen LogP contribution in [0.3, 0.4) is 0 Å². The molecule has 0 aliphatic rings. The van der Waals surface area contributed by atoms with Gasteiger partial charge >= 0.3 is 0 Å². The Labute approximate surface area is 106 Å². The van der Waals surface area contributed by atoms with E-state index in [0.29, 0.717) is 18.5 Å². The van der Waals surface area contributed by atoms with E-state index in [0.717, 1.165) is 5.69 Å². The highest BCUT2D eigenvalue weighted by atomic mass is 16.2. The number of nitrogens with one attached hydrogen (secondary N) is 1. The molecule has 0 unspecified atom stereocenters. The molecular formula is C13H14N4O. The number of nitrogens with zero attached hydrogens (tertiary/aromatic N) is 3. The molecule has 0 atom stereocenters. The Hall–Kier alpha value is -2.53. The summed E-state index contributed by atoms with van der Waals surface area (Å²) >= 11 is 0. The number of hydrogen-bond donors (Lipinski definition) is 1. The number of amides is 1. The molecule has 5 nitrogen and oxygen atoms in total. The molecule has 1 aromatic rings. The first-order valence-electron chi connectivity index (χ1n) is 5.52. The fourth-order valence-corrected chi connectivity index (χ4v) is 1.43. The molecule has 5 heteroatoms. The first kappa shape index (κ1) is 13.5. The highest BCUT2D eigenvalue weighted by molar-refractivity contribution is 5.81. The number of nitriles is 2. The number of likely N-dealkylation sites (N-methyl/N-ethyl adjacent to an activating group) is 1. The standard InChI is InChI=1S/C13H14N4O/c1-17(10-13(18)16-7-3-6-14)12-5-2-4-11(8-12)9-15/h2,4-5,8H,3,7,10H2,1H3,(H,16,18). The van der Waals surface area contributed by atoms with Crippen LogP contribution in [-0.4, -0.2) is 26.0 Å². The fraction of sp³-hybridized carbons (Fsp3) is 0.308. The van der Waals surface area contributed by atoms with Gasteiger partial charge in [-0.1, -0.05) is 6.07 Å². The summed E-state index contributed by atoms with van der Waals surface area (Å²) in [6, 6.07) is 11.1. The maximum Gasteiger partial charge on any atom is 0.239 e. The van der Waals surface area contributed by atoms with E-state index in [1.54, 1.807) is 30.1 Å². The summed E-state index contributed by atoms with van der Waals surface area (Å²) in [5.41, 5.74) is 1.37. The Kier molecular flexibility index (Phi) is 5.21. The normalized spacial score (nSPS) is 9.06. The number of hydrogen-bond acceptors (Lipinski definition) is 4. The second kappa shape index (κ2) is 6.93. The van der Waals surface area contributed by atoms with Crippen LogP contribution >= 0.6 is 0 Å². The molecular weight excluding hydrogens is 228 g/mol. The number of anilines is 1. The predicted octanol–water partition coefficient (Wildman–Crippen LogP) is 1.02. The molecule has 0 saturated carbocycles. The summed E-state index contributed by atoms with van der Waals surface area (Å²) in [6.45, 7) is 0.557. The van der Waals surface area contributed by atoms with Crippen molar-refractivity contribution in [1.82, 2.24) is 5.32 Å². The third-order valence-electron chi connectivity index (χ3n) is 2.36. The fourth-order valence-electron chi connectivity index (χ4n) is 1.43. The van der Waals surface area contributed by atoms with Crippen LogP contribution in [0.4, 0.5) is 5.69 Å². The molecule has 0 aliphatic heterocycles. The van der Waals surface area contributed by atoms with Gasteiger partial charge in [-0.15, -0.1) is 0 Å². The summed E-state index contributed by atoms with van der Waals surface area (Å²) in [5.74, 6) is -0.143. The van der Waals surface area contributed by atoms with Crippen molar-refractivity contribution in [3.05, 3.63) is 29.8 Å². The van der Waals surface area contributed by atoms with Crippen LogP contribution < -0.4 is 10.2 Å². The predicted molar refractivity (Wildman–Crippen MR) is 67.7 cm³/mol. The molecule has 0 fully saturated rings. The van der Waals surface area contributed by atoms with E-state index in [9.17, 15) is 4.79 Å². The van der Waals surface area contributed by atoms with E-state index in [4.69, 9.17) is 10.5 Å². The minimum Gasteiger partial charge on any atom is -0.365 e. The van der Waals surface area contributed by atoms with Gasteiger partial charge in [-0.2, -0.15) is 10.5 Å². The lowest BCUT2D eigenvalue weighted by atomic mass is 10.2. The van der Waals surface area contributed by atoms with Gasteiger partial charge in [-0.05, 0) is 18.2 Å². The van der Waals surface area contributed by atoms with Crippen molar-refractivity contribution < 1.29 is 4.79 Å². The quantitative estimate of drug-likeness (QED) is 0.782. The van der Waals surface area contributed by atoms with Crippen LogP contribution in [0.25, 0.3) is 0 Å². The topological polar surface area (TPSA) is 79.9 Å². The minimum atomic E-state index is -0.143. The maximum absolute atomic E-state index is 11.5. The zero-order chi connectivity index (χ0) is 13.4. The molecule has 1 amide bonds. The number of rotatable bonds is 5. The lowest BCUT2D eigenvalue weighted by Gasteiger charge is -2.18. The molecule has 92 valence electrons. The number of carbonyl (C=O) groups is 1. The molecule has 1 N–H and O–H groups in total. The Morgan fingerprint density at radius 3 is 2.89 bits per heavy atom. The highest BCUT2D eigenvalue weighted by Gasteiger charge is 2.07. The largest absolute Gasteiger partial charge is 0.365 e. The van der Waals surface area contributed by atoms with E-state index in [1.807, 2.05) is 12.1 Å². The van der Waals surface area contributed by atoms with Crippen LogP contribution in [-0.2, 0) is 4.79 Å². The Bertz CT molecular complexity index is 498. The number of carbonyl (C=O) groups excluding carboxylic acids is 1. The Morgan fingerprint density at radius 2 is 2.22 bits per heavy atom. The molecule has 0 radical (unpaired) electrons. The van der Waals surface area contributed by atoms with Gasteiger partial charge in [0.25, 0.3) is 0 Å². The second-order valence-corrected chi connectivity index (χ2v) is 3.78. The molecule has 0 heterocycles. The van der Waals surface area contributed by atoms with Crippen molar-refractivity contribution in [2.75, 3.05) is 25.0 Å². The van der Waals surface area contributed by atoms with Crippen molar-refractivity contribution >= 4 is 11.6 Å².